The highest BCUT2D eigenvalue weighted by atomic mass is 32.2. The largest absolute Gasteiger partial charge is 0.460 e. The van der Waals surface area contributed by atoms with Crippen LogP contribution in [0.25, 0.3) is 11.0 Å². The SMILES string of the molecule is O=c1ccc2c(OS(=O)(=O)C(F)(F)C(F)(F)C(F)(F)C(F)(F)F)cccc2o1.S. The van der Waals surface area contributed by atoms with Crippen molar-refractivity contribution in [1.82, 2.24) is 0 Å². The maximum atomic E-state index is 13.6. The molecule has 29 heavy (non-hydrogen) atoms. The zero-order chi connectivity index (χ0) is 21.8. The molecular weight excluding hydrogens is 471 g/mol. The van der Waals surface area contributed by atoms with Crippen molar-refractivity contribution in [2.45, 2.75) is 23.3 Å². The van der Waals surface area contributed by atoms with E-state index >= 15 is 0 Å². The summed E-state index contributed by atoms with van der Waals surface area (Å²) in [6.07, 6.45) is -7.20. The van der Waals surface area contributed by atoms with E-state index in [2.05, 4.69) is 8.60 Å². The molecule has 0 N–H and O–H groups in total. The van der Waals surface area contributed by atoms with Crippen molar-refractivity contribution in [2.24, 2.45) is 0 Å². The smallest absolute Gasteiger partial charge is 0.423 e. The molecule has 0 atom stereocenters. The van der Waals surface area contributed by atoms with E-state index in [1.54, 1.807) is 0 Å². The Morgan fingerprint density at radius 3 is 1.90 bits per heavy atom. The van der Waals surface area contributed by atoms with Gasteiger partial charge in [-0.3, -0.25) is 0 Å². The number of alkyl halides is 9. The number of benzene rings is 1. The summed E-state index contributed by atoms with van der Waals surface area (Å²) in [5, 5.41) is -7.55. The van der Waals surface area contributed by atoms with Gasteiger partial charge in [-0.2, -0.15) is 61.4 Å². The summed E-state index contributed by atoms with van der Waals surface area (Å²) in [4.78, 5) is 11.0. The third-order valence-electron chi connectivity index (χ3n) is 3.25. The van der Waals surface area contributed by atoms with Crippen LogP contribution in [0, 0.1) is 0 Å². The van der Waals surface area contributed by atoms with Crippen LogP contribution in [0.4, 0.5) is 39.5 Å². The zero-order valence-electron chi connectivity index (χ0n) is 13.2. The molecule has 0 saturated carbocycles. The number of halogens is 9. The second kappa shape index (κ2) is 7.30. The molecule has 1 heterocycles. The van der Waals surface area contributed by atoms with Crippen molar-refractivity contribution in [3.05, 3.63) is 40.8 Å². The van der Waals surface area contributed by atoms with E-state index in [0.29, 0.717) is 12.1 Å². The average molecular weight is 478 g/mol. The Kier molecular flexibility index (Phi) is 6.28. The normalized spacial score (nSPS) is 13.8. The van der Waals surface area contributed by atoms with E-state index < -0.39 is 55.7 Å². The topological polar surface area (TPSA) is 73.6 Å². The first-order chi connectivity index (χ1) is 12.5. The Labute approximate surface area is 161 Å². The lowest BCUT2D eigenvalue weighted by Gasteiger charge is -2.32. The standard InChI is InChI=1S/C13H5F9O5S.H2S/c14-10(15,12(18,19)20)11(16,17)13(21,22)28(24,25)27-8-3-1-2-7-6(8)4-5-9(23)26-7;/h1-5H;1H2. The van der Waals surface area contributed by atoms with Crippen molar-refractivity contribution in [1.29, 1.82) is 0 Å². The summed E-state index contributed by atoms with van der Waals surface area (Å²) in [6, 6.07) is 3.83. The van der Waals surface area contributed by atoms with Gasteiger partial charge in [0.2, 0.25) is 0 Å². The molecule has 0 aliphatic heterocycles. The van der Waals surface area contributed by atoms with Gasteiger partial charge in [-0.15, -0.1) is 0 Å². The highest BCUT2D eigenvalue weighted by Crippen LogP contribution is 2.55. The first-order valence-corrected chi connectivity index (χ1v) is 8.03. The molecule has 1 aromatic heterocycles. The van der Waals surface area contributed by atoms with E-state index in [1.165, 1.54) is 0 Å². The highest BCUT2D eigenvalue weighted by molar-refractivity contribution is 7.88. The predicted octanol–water partition coefficient (Wildman–Crippen LogP) is 4.04. The lowest BCUT2D eigenvalue weighted by atomic mass is 10.1. The van der Waals surface area contributed by atoms with Crippen LogP contribution in [0.3, 0.4) is 0 Å². The molecule has 0 unspecified atom stereocenters. The molecule has 0 radical (unpaired) electrons. The van der Waals surface area contributed by atoms with Gasteiger partial charge in [0.15, 0.2) is 5.75 Å². The second-order valence-electron chi connectivity index (χ2n) is 5.12. The van der Waals surface area contributed by atoms with Crippen molar-refractivity contribution >= 4 is 34.6 Å². The summed E-state index contributed by atoms with van der Waals surface area (Å²) in [5.41, 5.74) is -1.47. The maximum absolute atomic E-state index is 13.6. The van der Waals surface area contributed by atoms with Gasteiger partial charge in [0.1, 0.15) is 5.58 Å². The van der Waals surface area contributed by atoms with Gasteiger partial charge >= 0.3 is 39.0 Å². The third-order valence-corrected chi connectivity index (χ3v) is 4.54. The van der Waals surface area contributed by atoms with E-state index in [-0.39, 0.29) is 13.5 Å². The summed E-state index contributed by atoms with van der Waals surface area (Å²) in [7, 11) is -7.10. The molecule has 0 bridgehead atoms. The minimum atomic E-state index is -7.42. The Balaban J connectivity index is 0.00000420. The molecule has 0 saturated heterocycles. The van der Waals surface area contributed by atoms with Crippen LogP contribution < -0.4 is 9.81 Å². The first-order valence-electron chi connectivity index (χ1n) is 6.63. The fourth-order valence-electron chi connectivity index (χ4n) is 1.83. The molecule has 0 aliphatic rings. The fraction of sp³-hybridized carbons (Fsp3) is 0.308. The molecule has 16 heteroatoms. The lowest BCUT2D eigenvalue weighted by Crippen LogP contribution is -2.63. The molecule has 0 aliphatic carbocycles. The Morgan fingerprint density at radius 1 is 0.828 bits per heavy atom. The van der Waals surface area contributed by atoms with Crippen LogP contribution in [0.1, 0.15) is 0 Å². The molecular formula is C13H7F9O5S2. The van der Waals surface area contributed by atoms with Crippen molar-refractivity contribution in [3.8, 4) is 5.75 Å². The van der Waals surface area contributed by atoms with E-state index in [4.69, 9.17) is 0 Å². The lowest BCUT2D eigenvalue weighted by molar-refractivity contribution is -0.382. The van der Waals surface area contributed by atoms with E-state index in [1.807, 2.05) is 0 Å². The quantitative estimate of drug-likeness (QED) is 0.369. The van der Waals surface area contributed by atoms with Gasteiger partial charge in [-0.1, -0.05) is 6.07 Å². The number of hydrogen-bond donors (Lipinski definition) is 0. The second-order valence-corrected chi connectivity index (χ2v) is 6.71. The molecule has 1 aromatic carbocycles. The van der Waals surface area contributed by atoms with Gasteiger partial charge in [0.05, 0.1) is 5.39 Å². The minimum Gasteiger partial charge on any atom is -0.423 e. The molecule has 0 amide bonds. The van der Waals surface area contributed by atoms with Crippen LogP contribution >= 0.6 is 13.5 Å². The average Bonchev–Trinajstić information content (AvgIpc) is 2.52. The Bertz CT molecular complexity index is 1060. The van der Waals surface area contributed by atoms with Crippen molar-refractivity contribution in [3.63, 3.8) is 0 Å². The fourth-order valence-corrected chi connectivity index (χ4v) is 2.76. The Hall–Kier alpha value is -2.10. The molecule has 0 fully saturated rings. The molecule has 2 aromatic rings. The monoisotopic (exact) mass is 478 g/mol. The summed E-state index contributed by atoms with van der Waals surface area (Å²) in [6.45, 7) is 0. The van der Waals surface area contributed by atoms with Gasteiger partial charge in [-0.05, 0) is 18.2 Å². The van der Waals surface area contributed by atoms with Gasteiger partial charge in [0.25, 0.3) is 0 Å². The first kappa shape index (κ1) is 24.9. The van der Waals surface area contributed by atoms with E-state index in [0.717, 1.165) is 18.2 Å². The molecule has 2 rings (SSSR count). The molecule has 5 nitrogen and oxygen atoms in total. The van der Waals surface area contributed by atoms with Crippen LogP contribution in [0.15, 0.2) is 39.5 Å². The highest BCUT2D eigenvalue weighted by Gasteiger charge is 2.86. The van der Waals surface area contributed by atoms with Crippen LogP contribution in [-0.4, -0.2) is 31.7 Å². The predicted molar refractivity (Wildman–Crippen MR) is 83.3 cm³/mol. The zero-order valence-corrected chi connectivity index (χ0v) is 15.1. The van der Waals surface area contributed by atoms with E-state index in [9.17, 15) is 52.7 Å². The number of hydrogen-bond acceptors (Lipinski definition) is 5. The summed E-state index contributed by atoms with van der Waals surface area (Å²) < 4.78 is 147. The summed E-state index contributed by atoms with van der Waals surface area (Å²) in [5.74, 6) is -16.0. The van der Waals surface area contributed by atoms with Crippen molar-refractivity contribution in [2.75, 3.05) is 0 Å². The van der Waals surface area contributed by atoms with Gasteiger partial charge < -0.3 is 8.60 Å². The van der Waals surface area contributed by atoms with Gasteiger partial charge in [-0.25, -0.2) is 4.79 Å². The van der Waals surface area contributed by atoms with Crippen LogP contribution in [0.5, 0.6) is 5.75 Å². The third kappa shape index (κ3) is 3.86. The van der Waals surface area contributed by atoms with Crippen LogP contribution in [-0.2, 0) is 10.1 Å². The number of rotatable bonds is 5. The minimum absolute atomic E-state index is 0. The Morgan fingerprint density at radius 2 is 1.38 bits per heavy atom. The van der Waals surface area contributed by atoms with Crippen LogP contribution in [0.2, 0.25) is 0 Å². The summed E-state index contributed by atoms with van der Waals surface area (Å²) >= 11 is 0. The van der Waals surface area contributed by atoms with Gasteiger partial charge in [0, 0.05) is 6.07 Å². The molecule has 164 valence electrons. The molecule has 0 spiro atoms. The maximum Gasteiger partial charge on any atom is 0.460 e. The van der Waals surface area contributed by atoms with Crippen molar-refractivity contribution < 1.29 is 56.5 Å². The number of fused-ring (bicyclic) bond motifs is 1.